The maximum Gasteiger partial charge on any atom is 0.325 e. The molecule has 0 unspecified atom stereocenters. The van der Waals surface area contributed by atoms with E-state index in [-0.39, 0.29) is 5.97 Å². The van der Waals surface area contributed by atoms with Gasteiger partial charge in [-0.2, -0.15) is 0 Å². The van der Waals surface area contributed by atoms with Crippen molar-refractivity contribution in [2.75, 3.05) is 19.6 Å². The fourth-order valence-electron chi connectivity index (χ4n) is 1.78. The first-order valence-electron chi connectivity index (χ1n) is 5.33. The first-order chi connectivity index (χ1) is 7.34. The van der Waals surface area contributed by atoms with Crippen LogP contribution >= 0.6 is 0 Å². The van der Waals surface area contributed by atoms with E-state index < -0.39 is 0 Å². The lowest BCUT2D eigenvalue weighted by molar-refractivity contribution is -0.135. The molecule has 1 aliphatic rings. The van der Waals surface area contributed by atoms with Crippen LogP contribution < -0.4 is 4.74 Å². The zero-order valence-corrected chi connectivity index (χ0v) is 8.69. The number of rotatable bonds is 3. The van der Waals surface area contributed by atoms with Gasteiger partial charge in [-0.05, 0) is 38.1 Å². The van der Waals surface area contributed by atoms with Gasteiger partial charge < -0.3 is 4.74 Å². The lowest BCUT2D eigenvalue weighted by atomic mass is 10.3. The molecule has 1 aromatic carbocycles. The third kappa shape index (κ3) is 3.06. The highest BCUT2D eigenvalue weighted by molar-refractivity contribution is 5.74. The first-order valence-corrected chi connectivity index (χ1v) is 5.33. The van der Waals surface area contributed by atoms with Crippen molar-refractivity contribution in [3.63, 3.8) is 0 Å². The highest BCUT2D eigenvalue weighted by Gasteiger charge is 2.16. The van der Waals surface area contributed by atoms with Gasteiger partial charge in [0.25, 0.3) is 0 Å². The Morgan fingerprint density at radius 1 is 1.20 bits per heavy atom. The Morgan fingerprint density at radius 3 is 2.53 bits per heavy atom. The van der Waals surface area contributed by atoms with E-state index in [1.807, 2.05) is 18.2 Å². The van der Waals surface area contributed by atoms with Crippen molar-refractivity contribution in [2.24, 2.45) is 0 Å². The van der Waals surface area contributed by atoms with E-state index in [4.69, 9.17) is 4.74 Å². The smallest absolute Gasteiger partial charge is 0.325 e. The fraction of sp³-hybridized carbons (Fsp3) is 0.417. The van der Waals surface area contributed by atoms with Crippen LogP contribution in [-0.4, -0.2) is 30.5 Å². The van der Waals surface area contributed by atoms with Gasteiger partial charge in [-0.3, -0.25) is 9.69 Å². The molecule has 0 amide bonds. The molecule has 0 atom stereocenters. The maximum atomic E-state index is 11.5. The summed E-state index contributed by atoms with van der Waals surface area (Å²) in [7, 11) is 0. The molecule has 0 N–H and O–H groups in total. The molecule has 3 heteroatoms. The second-order valence-corrected chi connectivity index (χ2v) is 3.77. The topological polar surface area (TPSA) is 29.5 Å². The minimum absolute atomic E-state index is 0.164. The number of esters is 1. The van der Waals surface area contributed by atoms with Crippen LogP contribution in [0, 0.1) is 0 Å². The monoisotopic (exact) mass is 205 g/mol. The summed E-state index contributed by atoms with van der Waals surface area (Å²) in [5.41, 5.74) is 0. The lowest BCUT2D eigenvalue weighted by Gasteiger charge is -2.12. The van der Waals surface area contributed by atoms with E-state index in [9.17, 15) is 4.79 Å². The molecule has 15 heavy (non-hydrogen) atoms. The Hall–Kier alpha value is -1.35. The number of ether oxygens (including phenoxy) is 1. The summed E-state index contributed by atoms with van der Waals surface area (Å²) in [5, 5.41) is 0. The predicted molar refractivity (Wildman–Crippen MR) is 57.8 cm³/mol. The molecule has 1 saturated heterocycles. The molecule has 0 saturated carbocycles. The minimum Gasteiger partial charge on any atom is -0.426 e. The molecular weight excluding hydrogens is 190 g/mol. The van der Waals surface area contributed by atoms with E-state index in [0.29, 0.717) is 12.3 Å². The number of hydrogen-bond donors (Lipinski definition) is 0. The molecule has 0 radical (unpaired) electrons. The van der Waals surface area contributed by atoms with E-state index in [1.165, 1.54) is 12.8 Å². The number of para-hydroxylation sites is 1. The van der Waals surface area contributed by atoms with Crippen molar-refractivity contribution < 1.29 is 9.53 Å². The Labute approximate surface area is 89.7 Å². The number of carbonyl (C=O) groups is 1. The average Bonchev–Trinajstić information content (AvgIpc) is 2.71. The zero-order valence-electron chi connectivity index (χ0n) is 8.69. The summed E-state index contributed by atoms with van der Waals surface area (Å²) in [6.45, 7) is 2.45. The van der Waals surface area contributed by atoms with Crippen LogP contribution in [0.15, 0.2) is 30.3 Å². The highest BCUT2D eigenvalue weighted by Crippen LogP contribution is 2.10. The Kier molecular flexibility index (Phi) is 3.35. The second kappa shape index (κ2) is 4.94. The molecule has 1 heterocycles. The van der Waals surface area contributed by atoms with Crippen LogP contribution in [0.25, 0.3) is 0 Å². The van der Waals surface area contributed by atoms with Gasteiger partial charge in [0, 0.05) is 0 Å². The maximum absolute atomic E-state index is 11.5. The standard InChI is InChI=1S/C12H15NO2/c14-12(10-13-8-4-5-9-13)15-11-6-2-1-3-7-11/h1-3,6-7H,4-5,8-10H2. The van der Waals surface area contributed by atoms with E-state index >= 15 is 0 Å². The summed E-state index contributed by atoms with van der Waals surface area (Å²) in [4.78, 5) is 13.6. The van der Waals surface area contributed by atoms with Crippen LogP contribution in [0.1, 0.15) is 12.8 Å². The number of nitrogens with zero attached hydrogens (tertiary/aromatic N) is 1. The number of likely N-dealkylation sites (tertiary alicyclic amines) is 1. The van der Waals surface area contributed by atoms with Crippen molar-refractivity contribution in [3.05, 3.63) is 30.3 Å². The van der Waals surface area contributed by atoms with Crippen molar-refractivity contribution in [1.82, 2.24) is 4.90 Å². The van der Waals surface area contributed by atoms with Crippen LogP contribution in [-0.2, 0) is 4.79 Å². The van der Waals surface area contributed by atoms with Crippen molar-refractivity contribution in [2.45, 2.75) is 12.8 Å². The summed E-state index contributed by atoms with van der Waals surface area (Å²) >= 11 is 0. The largest absolute Gasteiger partial charge is 0.426 e. The second-order valence-electron chi connectivity index (χ2n) is 3.77. The summed E-state index contributed by atoms with van der Waals surface area (Å²) in [6.07, 6.45) is 2.39. The molecule has 2 rings (SSSR count). The molecule has 1 aliphatic heterocycles. The Balaban J connectivity index is 1.82. The van der Waals surface area contributed by atoms with Gasteiger partial charge in [0.1, 0.15) is 5.75 Å². The molecule has 3 nitrogen and oxygen atoms in total. The van der Waals surface area contributed by atoms with E-state index in [2.05, 4.69) is 4.90 Å². The number of carbonyl (C=O) groups excluding carboxylic acids is 1. The van der Waals surface area contributed by atoms with Gasteiger partial charge in [-0.25, -0.2) is 0 Å². The predicted octanol–water partition coefficient (Wildman–Crippen LogP) is 1.69. The third-order valence-corrected chi connectivity index (χ3v) is 2.53. The molecule has 0 bridgehead atoms. The zero-order chi connectivity index (χ0) is 10.5. The van der Waals surface area contributed by atoms with E-state index in [0.717, 1.165) is 13.1 Å². The van der Waals surface area contributed by atoms with Gasteiger partial charge in [0.2, 0.25) is 0 Å². The molecule has 0 aromatic heterocycles. The molecule has 1 aromatic rings. The van der Waals surface area contributed by atoms with Crippen molar-refractivity contribution in [3.8, 4) is 5.75 Å². The lowest BCUT2D eigenvalue weighted by Crippen LogP contribution is -2.29. The molecule has 0 spiro atoms. The van der Waals surface area contributed by atoms with Gasteiger partial charge in [0.05, 0.1) is 6.54 Å². The van der Waals surface area contributed by atoms with Crippen LogP contribution in [0.4, 0.5) is 0 Å². The SMILES string of the molecule is O=C(CN1CCCC1)Oc1ccccc1. The van der Waals surface area contributed by atoms with Crippen LogP contribution in [0.2, 0.25) is 0 Å². The molecular formula is C12H15NO2. The molecule has 1 fully saturated rings. The fourth-order valence-corrected chi connectivity index (χ4v) is 1.78. The van der Waals surface area contributed by atoms with Gasteiger partial charge >= 0.3 is 5.97 Å². The quantitative estimate of drug-likeness (QED) is 0.555. The molecule has 80 valence electrons. The summed E-state index contributed by atoms with van der Waals surface area (Å²) in [6, 6.07) is 9.21. The summed E-state index contributed by atoms with van der Waals surface area (Å²) < 4.78 is 5.20. The third-order valence-electron chi connectivity index (χ3n) is 2.53. The van der Waals surface area contributed by atoms with Gasteiger partial charge in [0.15, 0.2) is 0 Å². The summed E-state index contributed by atoms with van der Waals surface area (Å²) in [5.74, 6) is 0.463. The molecule has 0 aliphatic carbocycles. The van der Waals surface area contributed by atoms with Crippen molar-refractivity contribution in [1.29, 1.82) is 0 Å². The average molecular weight is 205 g/mol. The Bertz CT molecular complexity index is 318. The normalized spacial score (nSPS) is 16.5. The van der Waals surface area contributed by atoms with Crippen LogP contribution in [0.5, 0.6) is 5.75 Å². The van der Waals surface area contributed by atoms with Gasteiger partial charge in [-0.15, -0.1) is 0 Å². The minimum atomic E-state index is -0.164. The van der Waals surface area contributed by atoms with Gasteiger partial charge in [-0.1, -0.05) is 18.2 Å². The number of benzene rings is 1. The van der Waals surface area contributed by atoms with E-state index in [1.54, 1.807) is 12.1 Å². The van der Waals surface area contributed by atoms with Crippen LogP contribution in [0.3, 0.4) is 0 Å². The first kappa shape index (κ1) is 10.2. The Morgan fingerprint density at radius 2 is 1.87 bits per heavy atom. The number of hydrogen-bond acceptors (Lipinski definition) is 3. The van der Waals surface area contributed by atoms with Crippen molar-refractivity contribution >= 4 is 5.97 Å². The highest BCUT2D eigenvalue weighted by atomic mass is 16.5.